The summed E-state index contributed by atoms with van der Waals surface area (Å²) in [5.41, 5.74) is 0.975. The molecule has 0 aromatic carbocycles. The lowest BCUT2D eigenvalue weighted by Gasteiger charge is -2.13. The summed E-state index contributed by atoms with van der Waals surface area (Å²) in [6.45, 7) is 6.48. The van der Waals surface area contributed by atoms with Crippen LogP contribution < -0.4 is 5.32 Å². The third kappa shape index (κ3) is 5.04. The number of pyridine rings is 1. The molecule has 1 aliphatic heterocycles. The van der Waals surface area contributed by atoms with Gasteiger partial charge in [-0.25, -0.2) is 0 Å². The van der Waals surface area contributed by atoms with Crippen molar-refractivity contribution in [1.82, 2.24) is 25.1 Å². The van der Waals surface area contributed by atoms with Crippen molar-refractivity contribution in [3.05, 3.63) is 24.5 Å². The van der Waals surface area contributed by atoms with E-state index in [0.29, 0.717) is 18.2 Å². The molecule has 7 nitrogen and oxygen atoms in total. The predicted molar refractivity (Wildman–Crippen MR) is 101 cm³/mol. The van der Waals surface area contributed by atoms with Crippen LogP contribution in [0.15, 0.2) is 29.7 Å². The predicted octanol–water partition coefficient (Wildman–Crippen LogP) is 2.38. The highest BCUT2D eigenvalue weighted by molar-refractivity contribution is 7.99. The molecule has 1 amide bonds. The molecule has 1 N–H and O–H groups in total. The van der Waals surface area contributed by atoms with E-state index in [1.165, 1.54) is 11.8 Å². The molecular weight excluding hydrogens is 350 g/mol. The Morgan fingerprint density at radius 2 is 2.19 bits per heavy atom. The quantitative estimate of drug-likeness (QED) is 0.714. The molecule has 2 aromatic rings. The Hall–Kier alpha value is -1.93. The van der Waals surface area contributed by atoms with E-state index >= 15 is 0 Å². The first-order valence-electron chi connectivity index (χ1n) is 8.98. The topological polar surface area (TPSA) is 81.9 Å². The summed E-state index contributed by atoms with van der Waals surface area (Å²) in [4.78, 5) is 16.2. The van der Waals surface area contributed by atoms with Gasteiger partial charge in [0, 0.05) is 37.7 Å². The van der Waals surface area contributed by atoms with Gasteiger partial charge in [-0.1, -0.05) is 25.6 Å². The van der Waals surface area contributed by atoms with Crippen molar-refractivity contribution < 1.29 is 9.53 Å². The molecular formula is C18H25N5O2S. The van der Waals surface area contributed by atoms with Crippen LogP contribution in [0, 0.1) is 5.92 Å². The number of thioether (sulfide) groups is 1. The molecule has 0 spiro atoms. The van der Waals surface area contributed by atoms with Gasteiger partial charge < -0.3 is 14.6 Å². The van der Waals surface area contributed by atoms with Gasteiger partial charge in [0.2, 0.25) is 5.91 Å². The third-order valence-corrected chi connectivity index (χ3v) is 5.05. The van der Waals surface area contributed by atoms with Gasteiger partial charge in [-0.2, -0.15) is 0 Å². The molecule has 0 bridgehead atoms. The molecule has 0 radical (unpaired) electrons. The highest BCUT2D eigenvalue weighted by atomic mass is 32.2. The minimum absolute atomic E-state index is 0.00458. The van der Waals surface area contributed by atoms with Crippen molar-refractivity contribution >= 4 is 17.7 Å². The van der Waals surface area contributed by atoms with Crippen molar-refractivity contribution in [2.75, 3.05) is 18.9 Å². The Kier molecular flexibility index (Phi) is 6.62. The van der Waals surface area contributed by atoms with Crippen LogP contribution >= 0.6 is 11.8 Å². The van der Waals surface area contributed by atoms with Crippen LogP contribution in [0.5, 0.6) is 0 Å². The number of hydrogen-bond donors (Lipinski definition) is 1. The third-order valence-electron chi connectivity index (χ3n) is 4.09. The molecule has 26 heavy (non-hydrogen) atoms. The molecule has 1 aliphatic rings. The number of carbonyl (C=O) groups excluding carboxylic acids is 1. The molecule has 2 aromatic heterocycles. The molecule has 1 fully saturated rings. The summed E-state index contributed by atoms with van der Waals surface area (Å²) in [5, 5.41) is 12.3. The number of carbonyl (C=O) groups is 1. The first-order valence-corrected chi connectivity index (χ1v) is 9.96. The second-order valence-corrected chi connectivity index (χ2v) is 7.72. The van der Waals surface area contributed by atoms with Gasteiger partial charge in [-0.05, 0) is 30.9 Å². The Labute approximate surface area is 157 Å². The fourth-order valence-corrected chi connectivity index (χ4v) is 3.63. The van der Waals surface area contributed by atoms with E-state index in [0.717, 1.165) is 42.5 Å². The van der Waals surface area contributed by atoms with E-state index in [-0.39, 0.29) is 12.0 Å². The van der Waals surface area contributed by atoms with Crippen LogP contribution in [0.1, 0.15) is 26.7 Å². The Balaban J connectivity index is 1.63. The monoisotopic (exact) mass is 375 g/mol. The zero-order valence-electron chi connectivity index (χ0n) is 15.2. The lowest BCUT2D eigenvalue weighted by molar-refractivity contribution is -0.119. The number of amides is 1. The van der Waals surface area contributed by atoms with Gasteiger partial charge in [0.05, 0.1) is 11.9 Å². The molecule has 3 heterocycles. The normalized spacial score (nSPS) is 17.0. The lowest BCUT2D eigenvalue weighted by Crippen LogP contribution is -2.33. The minimum Gasteiger partial charge on any atom is -0.376 e. The summed E-state index contributed by atoms with van der Waals surface area (Å²) in [6, 6.07) is 3.84. The van der Waals surface area contributed by atoms with Gasteiger partial charge >= 0.3 is 0 Å². The zero-order valence-corrected chi connectivity index (χ0v) is 16.0. The zero-order chi connectivity index (χ0) is 18.4. The van der Waals surface area contributed by atoms with Crippen LogP contribution in [0.25, 0.3) is 11.4 Å². The van der Waals surface area contributed by atoms with E-state index < -0.39 is 0 Å². The Morgan fingerprint density at radius 1 is 1.38 bits per heavy atom. The highest BCUT2D eigenvalue weighted by Crippen LogP contribution is 2.24. The largest absolute Gasteiger partial charge is 0.376 e. The van der Waals surface area contributed by atoms with Gasteiger partial charge in [0.15, 0.2) is 11.0 Å². The number of nitrogens with zero attached hydrogens (tertiary/aromatic N) is 4. The van der Waals surface area contributed by atoms with E-state index in [1.54, 1.807) is 12.4 Å². The SMILES string of the molecule is CC(C)Cn1c(SCC(=O)NC[C@@H]2CCCO2)nnc1-c1ccncc1. The molecule has 0 unspecified atom stereocenters. The number of hydrogen-bond acceptors (Lipinski definition) is 6. The molecule has 0 aliphatic carbocycles. The summed E-state index contributed by atoms with van der Waals surface area (Å²) in [6.07, 6.45) is 5.74. The summed E-state index contributed by atoms with van der Waals surface area (Å²) in [5.74, 6) is 1.57. The maximum Gasteiger partial charge on any atom is 0.230 e. The molecule has 0 saturated carbocycles. The number of ether oxygens (including phenoxy) is 1. The first-order chi connectivity index (χ1) is 12.6. The number of rotatable bonds is 8. The average Bonchev–Trinajstić information content (AvgIpc) is 3.28. The van der Waals surface area contributed by atoms with Crippen LogP contribution in [-0.2, 0) is 16.1 Å². The highest BCUT2D eigenvalue weighted by Gasteiger charge is 2.18. The number of aromatic nitrogens is 4. The minimum atomic E-state index is -0.00458. The fourth-order valence-electron chi connectivity index (χ4n) is 2.85. The Morgan fingerprint density at radius 3 is 2.88 bits per heavy atom. The fraction of sp³-hybridized carbons (Fsp3) is 0.556. The second kappa shape index (κ2) is 9.14. The maximum atomic E-state index is 12.1. The standard InChI is InChI=1S/C18H25N5O2S/c1-13(2)11-23-17(14-5-7-19-8-6-14)21-22-18(23)26-12-16(24)20-10-15-4-3-9-25-15/h5-8,13,15H,3-4,9-12H2,1-2H3,(H,20,24)/t15-/m0/s1. The van der Waals surface area contributed by atoms with E-state index in [1.807, 2.05) is 12.1 Å². The lowest BCUT2D eigenvalue weighted by atomic mass is 10.2. The van der Waals surface area contributed by atoms with Gasteiger partial charge in [-0.15, -0.1) is 10.2 Å². The maximum absolute atomic E-state index is 12.1. The summed E-state index contributed by atoms with van der Waals surface area (Å²) in [7, 11) is 0. The van der Waals surface area contributed by atoms with Crippen molar-refractivity contribution in [3.8, 4) is 11.4 Å². The molecule has 1 atom stereocenters. The van der Waals surface area contributed by atoms with Crippen molar-refractivity contribution in [2.24, 2.45) is 5.92 Å². The first kappa shape index (κ1) is 18.8. The molecule has 1 saturated heterocycles. The van der Waals surface area contributed by atoms with Crippen molar-refractivity contribution in [1.29, 1.82) is 0 Å². The van der Waals surface area contributed by atoms with E-state index in [9.17, 15) is 4.79 Å². The van der Waals surface area contributed by atoms with E-state index in [4.69, 9.17) is 4.74 Å². The smallest absolute Gasteiger partial charge is 0.230 e. The summed E-state index contributed by atoms with van der Waals surface area (Å²) < 4.78 is 7.61. The van der Waals surface area contributed by atoms with Gasteiger partial charge in [-0.3, -0.25) is 9.78 Å². The van der Waals surface area contributed by atoms with Crippen molar-refractivity contribution in [2.45, 2.75) is 44.5 Å². The molecule has 3 rings (SSSR count). The van der Waals surface area contributed by atoms with Crippen LogP contribution in [-0.4, -0.2) is 50.7 Å². The molecule has 140 valence electrons. The summed E-state index contributed by atoms with van der Waals surface area (Å²) >= 11 is 1.42. The molecule has 8 heteroatoms. The Bertz CT molecular complexity index is 714. The van der Waals surface area contributed by atoms with E-state index in [2.05, 4.69) is 38.9 Å². The number of nitrogens with one attached hydrogen (secondary N) is 1. The van der Waals surface area contributed by atoms with Crippen molar-refractivity contribution in [3.63, 3.8) is 0 Å². The van der Waals surface area contributed by atoms with Gasteiger partial charge in [0.1, 0.15) is 0 Å². The second-order valence-electron chi connectivity index (χ2n) is 6.77. The van der Waals surface area contributed by atoms with Crippen LogP contribution in [0.2, 0.25) is 0 Å². The van der Waals surface area contributed by atoms with Crippen LogP contribution in [0.3, 0.4) is 0 Å². The van der Waals surface area contributed by atoms with Crippen LogP contribution in [0.4, 0.5) is 0 Å². The van der Waals surface area contributed by atoms with Gasteiger partial charge in [0.25, 0.3) is 0 Å². The average molecular weight is 375 g/mol.